The molecule has 7 nitrogen and oxygen atoms in total. The minimum Gasteiger partial charge on any atom is -0.452 e. The number of benzene rings is 2. The monoisotopic (exact) mass is 388 g/mol. The van der Waals surface area contributed by atoms with Crippen LogP contribution in [-0.2, 0) is 26.1 Å². The quantitative estimate of drug-likeness (QED) is 0.761. The van der Waals surface area contributed by atoms with Crippen LogP contribution in [0.2, 0.25) is 0 Å². The van der Waals surface area contributed by atoms with E-state index in [0.29, 0.717) is 25.2 Å². The fraction of sp³-hybridized carbons (Fsp3) is 0.263. The minimum atomic E-state index is -3.26. The van der Waals surface area contributed by atoms with E-state index in [-0.39, 0.29) is 17.9 Å². The van der Waals surface area contributed by atoms with Gasteiger partial charge in [0, 0.05) is 13.1 Å². The van der Waals surface area contributed by atoms with E-state index in [0.717, 1.165) is 5.56 Å². The Hall–Kier alpha value is -2.87. The summed E-state index contributed by atoms with van der Waals surface area (Å²) in [6.45, 7) is 0.415. The van der Waals surface area contributed by atoms with Crippen LogP contribution in [0, 0.1) is 0 Å². The largest absolute Gasteiger partial charge is 0.452 e. The molecule has 1 aliphatic heterocycles. The highest BCUT2D eigenvalue weighted by molar-refractivity contribution is 7.93. The molecule has 1 heterocycles. The molecule has 0 saturated carbocycles. The van der Waals surface area contributed by atoms with Gasteiger partial charge in [-0.15, -0.1) is 0 Å². The first kappa shape index (κ1) is 18.9. The van der Waals surface area contributed by atoms with E-state index in [9.17, 15) is 18.0 Å². The van der Waals surface area contributed by atoms with Crippen molar-refractivity contribution >= 4 is 27.6 Å². The summed E-state index contributed by atoms with van der Waals surface area (Å²) in [4.78, 5) is 23.8. The summed E-state index contributed by atoms with van der Waals surface area (Å²) in [5.74, 6) is -0.901. The Kier molecular flexibility index (Phi) is 5.75. The molecule has 1 saturated heterocycles. The van der Waals surface area contributed by atoms with Gasteiger partial charge in [0.1, 0.15) is 0 Å². The zero-order valence-electron chi connectivity index (χ0n) is 14.6. The Bertz CT molecular complexity index is 911. The third-order valence-electron chi connectivity index (χ3n) is 4.16. The fourth-order valence-electron chi connectivity index (χ4n) is 2.76. The predicted molar refractivity (Wildman–Crippen MR) is 101 cm³/mol. The Labute approximate surface area is 158 Å². The lowest BCUT2D eigenvalue weighted by Gasteiger charge is -2.16. The van der Waals surface area contributed by atoms with Gasteiger partial charge in [0.2, 0.25) is 10.0 Å². The number of carbonyl (C=O) groups excluding carboxylic acids is 2. The van der Waals surface area contributed by atoms with Crippen LogP contribution in [0.5, 0.6) is 0 Å². The second kappa shape index (κ2) is 8.22. The second-order valence-corrected chi connectivity index (χ2v) is 8.14. The van der Waals surface area contributed by atoms with Crippen molar-refractivity contribution in [3.8, 4) is 0 Å². The number of nitrogens with zero attached hydrogens (tertiary/aromatic N) is 1. The van der Waals surface area contributed by atoms with E-state index in [1.807, 2.05) is 30.3 Å². The standard InChI is InChI=1S/C19H20N2O5S/c22-18(20-13-15-5-2-1-3-6-15)14-26-19(23)16-7-9-17(10-8-16)21-11-4-12-27(21,24)25/h1-3,5-10H,4,11-14H2,(H,20,22). The zero-order valence-corrected chi connectivity index (χ0v) is 15.4. The van der Waals surface area contributed by atoms with Crippen LogP contribution in [0.25, 0.3) is 0 Å². The number of carbonyl (C=O) groups is 2. The van der Waals surface area contributed by atoms with Crippen LogP contribution >= 0.6 is 0 Å². The first-order valence-electron chi connectivity index (χ1n) is 8.54. The first-order chi connectivity index (χ1) is 13.0. The van der Waals surface area contributed by atoms with Gasteiger partial charge in [-0.3, -0.25) is 9.10 Å². The summed E-state index contributed by atoms with van der Waals surface area (Å²) in [5, 5.41) is 2.67. The Morgan fingerprint density at radius 3 is 2.37 bits per heavy atom. The third kappa shape index (κ3) is 4.85. The van der Waals surface area contributed by atoms with E-state index in [1.54, 1.807) is 12.1 Å². The first-order valence-corrected chi connectivity index (χ1v) is 10.1. The second-order valence-electron chi connectivity index (χ2n) is 6.13. The van der Waals surface area contributed by atoms with Crippen molar-refractivity contribution in [3.05, 3.63) is 65.7 Å². The van der Waals surface area contributed by atoms with Gasteiger partial charge < -0.3 is 10.1 Å². The van der Waals surface area contributed by atoms with Crippen molar-refractivity contribution in [3.63, 3.8) is 0 Å². The smallest absolute Gasteiger partial charge is 0.338 e. The normalized spacial score (nSPS) is 15.3. The number of amides is 1. The van der Waals surface area contributed by atoms with Gasteiger partial charge in [-0.05, 0) is 36.2 Å². The highest BCUT2D eigenvalue weighted by Crippen LogP contribution is 2.24. The average molecular weight is 388 g/mol. The fourth-order valence-corrected chi connectivity index (χ4v) is 4.32. The van der Waals surface area contributed by atoms with Gasteiger partial charge >= 0.3 is 5.97 Å². The van der Waals surface area contributed by atoms with Gasteiger partial charge in [-0.2, -0.15) is 0 Å². The molecule has 2 aromatic rings. The lowest BCUT2D eigenvalue weighted by atomic mass is 10.2. The van der Waals surface area contributed by atoms with Crippen molar-refractivity contribution in [2.75, 3.05) is 23.2 Å². The van der Waals surface area contributed by atoms with Crippen LogP contribution in [0.15, 0.2) is 54.6 Å². The number of hydrogen-bond donors (Lipinski definition) is 1. The molecule has 27 heavy (non-hydrogen) atoms. The Balaban J connectivity index is 1.50. The maximum Gasteiger partial charge on any atom is 0.338 e. The number of hydrogen-bond acceptors (Lipinski definition) is 5. The third-order valence-corrected chi connectivity index (χ3v) is 6.03. The number of nitrogens with one attached hydrogen (secondary N) is 1. The molecule has 142 valence electrons. The molecule has 0 atom stereocenters. The van der Waals surface area contributed by atoms with Crippen LogP contribution in [0.1, 0.15) is 22.3 Å². The lowest BCUT2D eigenvalue weighted by Crippen LogP contribution is -2.28. The van der Waals surface area contributed by atoms with Gasteiger partial charge in [0.15, 0.2) is 6.61 Å². The molecule has 8 heteroatoms. The minimum absolute atomic E-state index is 0.134. The summed E-state index contributed by atoms with van der Waals surface area (Å²) >= 11 is 0. The molecule has 0 aromatic heterocycles. The van der Waals surface area contributed by atoms with Gasteiger partial charge in [-0.1, -0.05) is 30.3 Å². The number of rotatable bonds is 6. The Morgan fingerprint density at radius 1 is 1.04 bits per heavy atom. The molecule has 1 N–H and O–H groups in total. The molecule has 0 aliphatic carbocycles. The number of esters is 1. The van der Waals surface area contributed by atoms with Crippen molar-refractivity contribution in [2.45, 2.75) is 13.0 Å². The molecular formula is C19H20N2O5S. The van der Waals surface area contributed by atoms with Crippen LogP contribution in [0.3, 0.4) is 0 Å². The highest BCUT2D eigenvalue weighted by atomic mass is 32.2. The molecule has 0 bridgehead atoms. The summed E-state index contributed by atoms with van der Waals surface area (Å²) in [6.07, 6.45) is 0.588. The van der Waals surface area contributed by atoms with Gasteiger partial charge in [-0.25, -0.2) is 13.2 Å². The Morgan fingerprint density at radius 2 is 1.74 bits per heavy atom. The maximum absolute atomic E-state index is 12.0. The van der Waals surface area contributed by atoms with Crippen molar-refractivity contribution < 1.29 is 22.7 Å². The summed E-state index contributed by atoms with van der Waals surface area (Å²) in [5.41, 5.74) is 1.72. The van der Waals surface area contributed by atoms with E-state index in [2.05, 4.69) is 5.32 Å². The van der Waals surface area contributed by atoms with Crippen LogP contribution < -0.4 is 9.62 Å². The number of ether oxygens (including phenoxy) is 1. The van der Waals surface area contributed by atoms with Crippen LogP contribution in [0.4, 0.5) is 5.69 Å². The van der Waals surface area contributed by atoms with Gasteiger partial charge in [0.25, 0.3) is 5.91 Å². The number of sulfonamides is 1. The van der Waals surface area contributed by atoms with E-state index in [4.69, 9.17) is 4.74 Å². The molecule has 1 fully saturated rings. The van der Waals surface area contributed by atoms with E-state index in [1.165, 1.54) is 16.4 Å². The molecule has 1 amide bonds. The van der Waals surface area contributed by atoms with Gasteiger partial charge in [0.05, 0.1) is 17.0 Å². The molecule has 0 spiro atoms. The van der Waals surface area contributed by atoms with Crippen LogP contribution in [-0.4, -0.2) is 39.2 Å². The molecule has 3 rings (SSSR count). The van der Waals surface area contributed by atoms with Crippen molar-refractivity contribution in [2.24, 2.45) is 0 Å². The molecular weight excluding hydrogens is 368 g/mol. The lowest BCUT2D eigenvalue weighted by molar-refractivity contribution is -0.124. The van der Waals surface area contributed by atoms with E-state index >= 15 is 0 Å². The SMILES string of the molecule is O=C(COC(=O)c1ccc(N2CCCS2(=O)=O)cc1)NCc1ccccc1. The summed E-state index contributed by atoms with van der Waals surface area (Å²) in [7, 11) is -3.26. The summed E-state index contributed by atoms with van der Waals surface area (Å²) in [6, 6.07) is 15.5. The summed E-state index contributed by atoms with van der Waals surface area (Å²) < 4.78 is 30.2. The molecule has 2 aromatic carbocycles. The maximum atomic E-state index is 12.0. The molecule has 0 unspecified atom stereocenters. The molecule has 0 radical (unpaired) electrons. The molecule has 1 aliphatic rings. The zero-order chi connectivity index (χ0) is 19.3. The van der Waals surface area contributed by atoms with Crippen molar-refractivity contribution in [1.82, 2.24) is 5.32 Å². The topological polar surface area (TPSA) is 92.8 Å². The van der Waals surface area contributed by atoms with E-state index < -0.39 is 21.9 Å². The average Bonchev–Trinajstić information content (AvgIpc) is 3.04. The number of anilines is 1. The van der Waals surface area contributed by atoms with Crippen molar-refractivity contribution in [1.29, 1.82) is 0 Å². The highest BCUT2D eigenvalue weighted by Gasteiger charge is 2.28. The predicted octanol–water partition coefficient (Wildman–Crippen LogP) is 1.70.